The number of likely N-dealkylation sites (N-methyl/N-ethyl adjacent to an activating group) is 1. The molecule has 37 heavy (non-hydrogen) atoms. The Labute approximate surface area is 219 Å². The van der Waals surface area contributed by atoms with E-state index in [2.05, 4.69) is 10.6 Å². The van der Waals surface area contributed by atoms with Gasteiger partial charge in [-0.3, -0.25) is 14.4 Å². The monoisotopic (exact) mass is 513 g/mol. The van der Waals surface area contributed by atoms with Crippen molar-refractivity contribution in [1.29, 1.82) is 0 Å². The van der Waals surface area contributed by atoms with E-state index in [-0.39, 0.29) is 24.3 Å². The van der Waals surface area contributed by atoms with Crippen LogP contribution in [-0.4, -0.2) is 45.5 Å². The number of para-hydroxylation sites is 1. The molecule has 0 aliphatic heterocycles. The summed E-state index contributed by atoms with van der Waals surface area (Å²) in [6, 6.07) is 20.5. The third kappa shape index (κ3) is 6.80. The van der Waals surface area contributed by atoms with Crippen molar-refractivity contribution in [2.45, 2.75) is 13.8 Å². The highest BCUT2D eigenvalue weighted by Gasteiger charge is 2.15. The van der Waals surface area contributed by atoms with Gasteiger partial charge in [0.2, 0.25) is 17.7 Å². The highest BCUT2D eigenvalue weighted by Crippen LogP contribution is 2.28. The Morgan fingerprint density at radius 1 is 0.973 bits per heavy atom. The minimum atomic E-state index is -0.313. The van der Waals surface area contributed by atoms with Gasteiger partial charge >= 0.3 is 0 Å². The lowest BCUT2D eigenvalue weighted by Gasteiger charge is -2.18. The summed E-state index contributed by atoms with van der Waals surface area (Å²) in [4.78, 5) is 39.1. The van der Waals surface area contributed by atoms with Crippen LogP contribution in [0, 0.1) is 0 Å². The Morgan fingerprint density at radius 3 is 2.30 bits per heavy atom. The number of carbonyl (C=O) groups is 3. The molecule has 0 bridgehead atoms. The molecule has 0 atom stereocenters. The Hall–Kier alpha value is -4.50. The summed E-state index contributed by atoms with van der Waals surface area (Å²) in [7, 11) is 0. The molecule has 0 saturated carbocycles. The van der Waals surface area contributed by atoms with E-state index in [1.807, 2.05) is 61.0 Å². The maximum absolute atomic E-state index is 13.0. The number of carbonyl (C=O) groups excluding carboxylic acids is 3. The molecule has 9 heteroatoms. The van der Waals surface area contributed by atoms with Crippen LogP contribution in [0.25, 0.3) is 22.3 Å². The molecule has 0 aliphatic carbocycles. The van der Waals surface area contributed by atoms with Crippen LogP contribution in [0.4, 0.5) is 11.4 Å². The zero-order chi connectivity index (χ0) is 26.2. The standard InChI is InChI=1S/C28H27N5O3S/c1-3-32(19-26(35)30-23-14-12-22(13-15-23)29-20(2)34)27(36)16-11-21-18-33(24-8-5-4-6-9-24)31-28(21)25-10-7-17-37-25/h4-18H,3,19H2,1-2H3,(H,29,34)(H,30,35). The van der Waals surface area contributed by atoms with Gasteiger partial charge < -0.3 is 15.5 Å². The lowest BCUT2D eigenvalue weighted by Crippen LogP contribution is -2.36. The third-order valence-corrected chi connectivity index (χ3v) is 6.32. The van der Waals surface area contributed by atoms with Crippen LogP contribution < -0.4 is 10.6 Å². The number of nitrogens with zero attached hydrogens (tertiary/aromatic N) is 3. The highest BCUT2D eigenvalue weighted by atomic mass is 32.1. The molecule has 0 saturated heterocycles. The van der Waals surface area contributed by atoms with Gasteiger partial charge in [-0.15, -0.1) is 11.3 Å². The van der Waals surface area contributed by atoms with Crippen molar-refractivity contribution in [2.75, 3.05) is 23.7 Å². The fourth-order valence-electron chi connectivity index (χ4n) is 3.65. The van der Waals surface area contributed by atoms with Crippen molar-refractivity contribution >= 4 is 46.5 Å². The van der Waals surface area contributed by atoms with Gasteiger partial charge in [0.25, 0.3) is 0 Å². The van der Waals surface area contributed by atoms with Gasteiger partial charge in [0, 0.05) is 42.7 Å². The molecule has 188 valence electrons. The van der Waals surface area contributed by atoms with Crippen molar-refractivity contribution in [3.8, 4) is 16.3 Å². The van der Waals surface area contributed by atoms with Gasteiger partial charge in [-0.25, -0.2) is 4.68 Å². The number of nitrogens with one attached hydrogen (secondary N) is 2. The summed E-state index contributed by atoms with van der Waals surface area (Å²) < 4.78 is 1.79. The van der Waals surface area contributed by atoms with Gasteiger partial charge in [0.1, 0.15) is 12.2 Å². The quantitative estimate of drug-likeness (QED) is 0.306. The number of amides is 3. The van der Waals surface area contributed by atoms with E-state index in [4.69, 9.17) is 5.10 Å². The van der Waals surface area contributed by atoms with Crippen LogP contribution >= 0.6 is 11.3 Å². The lowest BCUT2D eigenvalue weighted by atomic mass is 10.2. The second kappa shape index (κ2) is 12.0. The average Bonchev–Trinajstić information content (AvgIpc) is 3.57. The topological polar surface area (TPSA) is 96.3 Å². The maximum Gasteiger partial charge on any atom is 0.247 e. The first-order valence-corrected chi connectivity index (χ1v) is 12.6. The molecule has 4 rings (SSSR count). The largest absolute Gasteiger partial charge is 0.330 e. The van der Waals surface area contributed by atoms with Crippen LogP contribution in [0.1, 0.15) is 19.4 Å². The predicted molar refractivity (Wildman–Crippen MR) is 148 cm³/mol. The van der Waals surface area contributed by atoms with E-state index in [1.54, 1.807) is 46.4 Å². The summed E-state index contributed by atoms with van der Waals surface area (Å²) >= 11 is 1.58. The minimum Gasteiger partial charge on any atom is -0.330 e. The summed E-state index contributed by atoms with van der Waals surface area (Å²) in [5, 5.41) is 12.2. The Bertz CT molecular complexity index is 1390. The lowest BCUT2D eigenvalue weighted by molar-refractivity contribution is -0.130. The van der Waals surface area contributed by atoms with E-state index in [9.17, 15) is 14.4 Å². The zero-order valence-corrected chi connectivity index (χ0v) is 21.4. The summed E-state index contributed by atoms with van der Waals surface area (Å²) in [5.74, 6) is -0.757. The highest BCUT2D eigenvalue weighted by molar-refractivity contribution is 7.13. The number of rotatable bonds is 9. The molecule has 2 heterocycles. The molecule has 2 aromatic heterocycles. The molecule has 0 spiro atoms. The Kier molecular flexibility index (Phi) is 8.27. The van der Waals surface area contributed by atoms with Crippen molar-refractivity contribution in [3.05, 3.63) is 89.9 Å². The van der Waals surface area contributed by atoms with Crippen molar-refractivity contribution in [2.24, 2.45) is 0 Å². The van der Waals surface area contributed by atoms with Crippen molar-refractivity contribution in [3.63, 3.8) is 0 Å². The Balaban J connectivity index is 1.45. The van der Waals surface area contributed by atoms with Crippen molar-refractivity contribution in [1.82, 2.24) is 14.7 Å². The van der Waals surface area contributed by atoms with E-state index in [0.29, 0.717) is 17.9 Å². The second-order valence-electron chi connectivity index (χ2n) is 8.18. The molecule has 2 N–H and O–H groups in total. The van der Waals surface area contributed by atoms with E-state index >= 15 is 0 Å². The second-order valence-corrected chi connectivity index (χ2v) is 9.13. The van der Waals surface area contributed by atoms with Crippen molar-refractivity contribution < 1.29 is 14.4 Å². The smallest absolute Gasteiger partial charge is 0.247 e. The molecule has 0 aliphatic rings. The SMILES string of the molecule is CCN(CC(=O)Nc1ccc(NC(C)=O)cc1)C(=O)C=Cc1cn(-c2ccccc2)nc1-c1cccs1. The minimum absolute atomic E-state index is 0.0891. The normalized spacial score (nSPS) is 10.9. The van der Waals surface area contributed by atoms with Crippen LogP contribution in [0.2, 0.25) is 0 Å². The first-order valence-electron chi connectivity index (χ1n) is 11.8. The van der Waals surface area contributed by atoms with E-state index < -0.39 is 0 Å². The fraction of sp³-hybridized carbons (Fsp3) is 0.143. The van der Waals surface area contributed by atoms with Crippen LogP contribution in [0.15, 0.2) is 84.4 Å². The van der Waals surface area contributed by atoms with E-state index in [1.165, 1.54) is 17.9 Å². The summed E-state index contributed by atoms with van der Waals surface area (Å²) in [6.07, 6.45) is 5.11. The Morgan fingerprint density at radius 2 is 1.68 bits per heavy atom. The number of hydrogen-bond acceptors (Lipinski definition) is 5. The average molecular weight is 514 g/mol. The maximum atomic E-state index is 13.0. The number of aromatic nitrogens is 2. The van der Waals surface area contributed by atoms with Gasteiger partial charge in [-0.1, -0.05) is 24.3 Å². The zero-order valence-electron chi connectivity index (χ0n) is 20.5. The number of thiophene rings is 1. The van der Waals surface area contributed by atoms with E-state index in [0.717, 1.165) is 21.8 Å². The van der Waals surface area contributed by atoms with Crippen LogP contribution in [0.5, 0.6) is 0 Å². The molecule has 0 fully saturated rings. The molecule has 8 nitrogen and oxygen atoms in total. The fourth-order valence-corrected chi connectivity index (χ4v) is 4.38. The molecular weight excluding hydrogens is 486 g/mol. The van der Waals surface area contributed by atoms with Gasteiger partial charge in [-0.2, -0.15) is 5.10 Å². The third-order valence-electron chi connectivity index (χ3n) is 5.44. The molecule has 0 unspecified atom stereocenters. The first kappa shape index (κ1) is 25.6. The molecule has 4 aromatic rings. The summed E-state index contributed by atoms with van der Waals surface area (Å²) in [6.45, 7) is 3.54. The first-order chi connectivity index (χ1) is 17.9. The molecule has 3 amide bonds. The number of benzene rings is 2. The van der Waals surface area contributed by atoms with Gasteiger partial charge in [-0.05, 0) is 60.8 Å². The number of anilines is 2. The molecular formula is C28H27N5O3S. The predicted octanol–water partition coefficient (Wildman–Crippen LogP) is 5.06. The molecule has 2 aromatic carbocycles. The van der Waals surface area contributed by atoms with Gasteiger partial charge in [0.05, 0.1) is 10.6 Å². The number of hydrogen-bond donors (Lipinski definition) is 2. The van der Waals surface area contributed by atoms with Crippen LogP contribution in [0.3, 0.4) is 0 Å². The summed E-state index contributed by atoms with van der Waals surface area (Å²) in [5.41, 5.74) is 3.72. The molecule has 0 radical (unpaired) electrons. The van der Waals surface area contributed by atoms with Gasteiger partial charge in [0.15, 0.2) is 0 Å². The van der Waals surface area contributed by atoms with Crippen LogP contribution in [-0.2, 0) is 14.4 Å².